The van der Waals surface area contributed by atoms with Gasteiger partial charge in [0.05, 0.1) is 0 Å². The molecule has 3 N–H and O–H groups in total. The molecule has 0 aliphatic carbocycles. The molecule has 1 rings (SSSR count). The highest BCUT2D eigenvalue weighted by atomic mass is 16.2. The van der Waals surface area contributed by atoms with Crippen molar-refractivity contribution in [3.63, 3.8) is 0 Å². The molecule has 0 aromatic rings. The summed E-state index contributed by atoms with van der Waals surface area (Å²) in [5.74, 6) is 0.759. The SMILES string of the molecule is O=C(CC1CCNCC1)NCCCCCO. The van der Waals surface area contributed by atoms with E-state index in [1.54, 1.807) is 0 Å². The fraction of sp³-hybridized carbons (Fsp3) is 0.917. The van der Waals surface area contributed by atoms with Crippen molar-refractivity contribution in [2.24, 2.45) is 5.92 Å². The average Bonchev–Trinajstić information content (AvgIpc) is 2.30. The van der Waals surface area contributed by atoms with Crippen molar-refractivity contribution >= 4 is 5.91 Å². The Morgan fingerprint density at radius 3 is 2.69 bits per heavy atom. The van der Waals surface area contributed by atoms with Crippen LogP contribution in [0, 0.1) is 5.92 Å². The number of aliphatic hydroxyl groups excluding tert-OH is 1. The maximum absolute atomic E-state index is 11.6. The summed E-state index contributed by atoms with van der Waals surface area (Å²) in [7, 11) is 0. The Labute approximate surface area is 97.8 Å². The highest BCUT2D eigenvalue weighted by Crippen LogP contribution is 2.15. The number of piperidine rings is 1. The lowest BCUT2D eigenvalue weighted by Crippen LogP contribution is -2.32. The van der Waals surface area contributed by atoms with Gasteiger partial charge in [-0.3, -0.25) is 4.79 Å². The molecule has 4 nitrogen and oxygen atoms in total. The number of amides is 1. The van der Waals surface area contributed by atoms with Crippen molar-refractivity contribution in [3.05, 3.63) is 0 Å². The highest BCUT2D eigenvalue weighted by Gasteiger charge is 2.16. The molecule has 1 aliphatic rings. The summed E-state index contributed by atoms with van der Waals surface area (Å²) in [5, 5.41) is 14.8. The Morgan fingerprint density at radius 2 is 2.00 bits per heavy atom. The van der Waals surface area contributed by atoms with Gasteiger partial charge in [-0.15, -0.1) is 0 Å². The van der Waals surface area contributed by atoms with Crippen LogP contribution < -0.4 is 10.6 Å². The second-order valence-corrected chi connectivity index (χ2v) is 4.53. The quantitative estimate of drug-likeness (QED) is 0.561. The van der Waals surface area contributed by atoms with E-state index in [9.17, 15) is 4.79 Å². The van der Waals surface area contributed by atoms with Crippen LogP contribution in [-0.2, 0) is 4.79 Å². The van der Waals surface area contributed by atoms with Crippen LogP contribution in [0.1, 0.15) is 38.5 Å². The topological polar surface area (TPSA) is 61.4 Å². The summed E-state index contributed by atoms with van der Waals surface area (Å²) in [4.78, 5) is 11.6. The number of hydrogen-bond donors (Lipinski definition) is 3. The molecule has 0 unspecified atom stereocenters. The lowest BCUT2D eigenvalue weighted by atomic mass is 9.94. The minimum atomic E-state index is 0.191. The summed E-state index contributed by atoms with van der Waals surface area (Å²) in [5.41, 5.74) is 0. The van der Waals surface area contributed by atoms with Gasteiger partial charge in [-0.1, -0.05) is 0 Å². The smallest absolute Gasteiger partial charge is 0.220 e. The van der Waals surface area contributed by atoms with Crippen LogP contribution in [0.15, 0.2) is 0 Å². The Balaban J connectivity index is 1.97. The molecule has 0 radical (unpaired) electrons. The number of hydrogen-bond acceptors (Lipinski definition) is 3. The molecule has 1 fully saturated rings. The molecule has 0 spiro atoms. The normalized spacial score (nSPS) is 17.3. The van der Waals surface area contributed by atoms with Gasteiger partial charge in [0.15, 0.2) is 0 Å². The molecule has 0 aromatic heterocycles. The van der Waals surface area contributed by atoms with Crippen molar-refractivity contribution in [2.45, 2.75) is 38.5 Å². The first-order valence-electron chi connectivity index (χ1n) is 6.41. The highest BCUT2D eigenvalue weighted by molar-refractivity contribution is 5.76. The van der Waals surface area contributed by atoms with E-state index < -0.39 is 0 Å². The molecule has 1 heterocycles. The fourth-order valence-electron chi connectivity index (χ4n) is 2.06. The molecule has 0 saturated carbocycles. The average molecular weight is 228 g/mol. The number of nitrogens with one attached hydrogen (secondary N) is 2. The van der Waals surface area contributed by atoms with Gasteiger partial charge in [0.2, 0.25) is 5.91 Å². The molecule has 4 heteroatoms. The first-order valence-corrected chi connectivity index (χ1v) is 6.41. The molecule has 0 bridgehead atoms. The monoisotopic (exact) mass is 228 g/mol. The summed E-state index contributed by atoms with van der Waals surface area (Å²) in [6.45, 7) is 3.11. The Bertz CT molecular complexity index is 191. The van der Waals surface area contributed by atoms with Crippen LogP contribution in [-0.4, -0.2) is 37.3 Å². The third-order valence-electron chi connectivity index (χ3n) is 3.09. The van der Waals surface area contributed by atoms with Crippen LogP contribution in [0.2, 0.25) is 0 Å². The molecular formula is C12H24N2O2. The number of carbonyl (C=O) groups excluding carboxylic acids is 1. The number of rotatable bonds is 7. The zero-order valence-electron chi connectivity index (χ0n) is 10.0. The van der Waals surface area contributed by atoms with Gasteiger partial charge < -0.3 is 15.7 Å². The van der Waals surface area contributed by atoms with Crippen LogP contribution >= 0.6 is 0 Å². The van der Waals surface area contributed by atoms with E-state index in [2.05, 4.69) is 10.6 Å². The lowest BCUT2D eigenvalue weighted by molar-refractivity contribution is -0.122. The molecule has 16 heavy (non-hydrogen) atoms. The van der Waals surface area contributed by atoms with E-state index in [1.807, 2.05) is 0 Å². The molecule has 0 atom stereocenters. The van der Waals surface area contributed by atoms with Crippen LogP contribution in [0.4, 0.5) is 0 Å². The van der Waals surface area contributed by atoms with Crippen molar-refractivity contribution < 1.29 is 9.90 Å². The minimum Gasteiger partial charge on any atom is -0.396 e. The first kappa shape index (κ1) is 13.5. The standard InChI is InChI=1S/C12H24N2O2/c15-9-3-1-2-6-14-12(16)10-11-4-7-13-8-5-11/h11,13,15H,1-10H2,(H,14,16). The van der Waals surface area contributed by atoms with E-state index in [0.717, 1.165) is 51.7 Å². The fourth-order valence-corrected chi connectivity index (χ4v) is 2.06. The maximum Gasteiger partial charge on any atom is 0.220 e. The van der Waals surface area contributed by atoms with Gasteiger partial charge in [0.1, 0.15) is 0 Å². The number of aliphatic hydroxyl groups is 1. The first-order chi connectivity index (χ1) is 7.83. The maximum atomic E-state index is 11.6. The molecule has 1 saturated heterocycles. The van der Waals surface area contributed by atoms with Gasteiger partial charge in [-0.05, 0) is 51.1 Å². The Morgan fingerprint density at radius 1 is 1.25 bits per heavy atom. The predicted octanol–water partition coefficient (Wildman–Crippen LogP) is 0.655. The Kier molecular flexibility index (Phi) is 7.17. The van der Waals surface area contributed by atoms with Crippen LogP contribution in [0.25, 0.3) is 0 Å². The summed E-state index contributed by atoms with van der Waals surface area (Å²) in [6, 6.07) is 0. The molecule has 1 amide bonds. The summed E-state index contributed by atoms with van der Waals surface area (Å²) in [6.07, 6.45) is 5.73. The molecule has 1 aliphatic heterocycles. The van der Waals surface area contributed by atoms with E-state index >= 15 is 0 Å². The zero-order valence-corrected chi connectivity index (χ0v) is 10.0. The number of unbranched alkanes of at least 4 members (excludes halogenated alkanes) is 2. The van der Waals surface area contributed by atoms with Crippen molar-refractivity contribution in [3.8, 4) is 0 Å². The van der Waals surface area contributed by atoms with Gasteiger partial charge in [0, 0.05) is 19.6 Å². The van der Waals surface area contributed by atoms with Crippen LogP contribution in [0.5, 0.6) is 0 Å². The molecular weight excluding hydrogens is 204 g/mol. The van der Waals surface area contributed by atoms with E-state index in [4.69, 9.17) is 5.11 Å². The minimum absolute atomic E-state index is 0.191. The number of carbonyl (C=O) groups is 1. The molecule has 0 aromatic carbocycles. The lowest BCUT2D eigenvalue weighted by Gasteiger charge is -2.21. The van der Waals surface area contributed by atoms with Crippen molar-refractivity contribution in [2.75, 3.05) is 26.2 Å². The third kappa shape index (κ3) is 6.08. The second-order valence-electron chi connectivity index (χ2n) is 4.53. The third-order valence-corrected chi connectivity index (χ3v) is 3.09. The zero-order chi connectivity index (χ0) is 11.6. The van der Waals surface area contributed by atoms with E-state index in [0.29, 0.717) is 12.3 Å². The summed E-state index contributed by atoms with van der Waals surface area (Å²) >= 11 is 0. The largest absolute Gasteiger partial charge is 0.396 e. The van der Waals surface area contributed by atoms with Gasteiger partial charge >= 0.3 is 0 Å². The van der Waals surface area contributed by atoms with Gasteiger partial charge in [-0.25, -0.2) is 0 Å². The van der Waals surface area contributed by atoms with E-state index in [-0.39, 0.29) is 12.5 Å². The summed E-state index contributed by atoms with van der Waals surface area (Å²) < 4.78 is 0. The molecule has 94 valence electrons. The van der Waals surface area contributed by atoms with Gasteiger partial charge in [0.25, 0.3) is 0 Å². The second kappa shape index (κ2) is 8.53. The van der Waals surface area contributed by atoms with Gasteiger partial charge in [-0.2, -0.15) is 0 Å². The predicted molar refractivity (Wildman–Crippen MR) is 64.2 cm³/mol. The van der Waals surface area contributed by atoms with E-state index in [1.165, 1.54) is 0 Å². The Hall–Kier alpha value is -0.610. The van der Waals surface area contributed by atoms with Crippen molar-refractivity contribution in [1.29, 1.82) is 0 Å². The van der Waals surface area contributed by atoms with Crippen molar-refractivity contribution in [1.82, 2.24) is 10.6 Å². The van der Waals surface area contributed by atoms with Crippen LogP contribution in [0.3, 0.4) is 0 Å².